The zero-order valence-corrected chi connectivity index (χ0v) is 8.38. The molecule has 0 atom stereocenters. The molecule has 1 aliphatic rings. The van der Waals surface area contributed by atoms with E-state index in [0.29, 0.717) is 0 Å². The Morgan fingerprint density at radius 3 is 2.93 bits per heavy atom. The highest BCUT2D eigenvalue weighted by molar-refractivity contribution is 5.90. The molecule has 14 heavy (non-hydrogen) atoms. The molecule has 0 radical (unpaired) electrons. The third-order valence-corrected chi connectivity index (χ3v) is 3.17. The van der Waals surface area contributed by atoms with Crippen molar-refractivity contribution in [3.8, 4) is 0 Å². The predicted octanol–water partition coefficient (Wildman–Crippen LogP) is 3.03. The van der Waals surface area contributed by atoms with E-state index < -0.39 is 0 Å². The number of rotatable bonds is 0. The van der Waals surface area contributed by atoms with Crippen LogP contribution in [0.3, 0.4) is 0 Å². The van der Waals surface area contributed by atoms with E-state index in [9.17, 15) is 0 Å². The zero-order valence-electron chi connectivity index (χ0n) is 8.38. The lowest BCUT2D eigenvalue weighted by Crippen LogP contribution is -2.02. The first kappa shape index (κ1) is 7.98. The number of nitrogens with zero attached hydrogens (tertiary/aromatic N) is 1. The number of pyridine rings is 1. The third-order valence-electron chi connectivity index (χ3n) is 3.17. The minimum absolute atomic E-state index is 1.16. The summed E-state index contributed by atoms with van der Waals surface area (Å²) in [4.78, 5) is 4.45. The van der Waals surface area contributed by atoms with Crippen molar-refractivity contribution in [1.29, 1.82) is 0 Å². The minimum Gasteiger partial charge on any atom is -0.261 e. The molecule has 0 fully saturated rings. The van der Waals surface area contributed by atoms with Crippen molar-refractivity contribution in [2.45, 2.75) is 26.2 Å². The summed E-state index contributed by atoms with van der Waals surface area (Å²) in [6.45, 7) is 2.09. The van der Waals surface area contributed by atoms with E-state index in [1.54, 1.807) is 0 Å². The van der Waals surface area contributed by atoms with Crippen LogP contribution < -0.4 is 0 Å². The Bertz CT molecular complexity index is 490. The van der Waals surface area contributed by atoms with Crippen LogP contribution in [0.1, 0.15) is 23.2 Å². The van der Waals surface area contributed by atoms with Crippen LogP contribution in [-0.4, -0.2) is 4.98 Å². The molecule has 0 bridgehead atoms. The second kappa shape index (κ2) is 2.81. The molecule has 0 saturated heterocycles. The number of hydrogen-bond donors (Lipinski definition) is 0. The predicted molar refractivity (Wildman–Crippen MR) is 58.5 cm³/mol. The van der Waals surface area contributed by atoms with Crippen LogP contribution in [0.4, 0.5) is 0 Å². The first-order chi connectivity index (χ1) is 6.86. The van der Waals surface area contributed by atoms with E-state index in [1.807, 2.05) is 0 Å². The van der Waals surface area contributed by atoms with Gasteiger partial charge in [-0.2, -0.15) is 0 Å². The highest BCUT2D eigenvalue weighted by Crippen LogP contribution is 2.30. The topological polar surface area (TPSA) is 12.9 Å². The van der Waals surface area contributed by atoms with E-state index in [-0.39, 0.29) is 0 Å². The Kier molecular flexibility index (Phi) is 1.60. The molecule has 0 amide bonds. The van der Waals surface area contributed by atoms with E-state index in [0.717, 1.165) is 5.69 Å². The quantitative estimate of drug-likeness (QED) is 0.611. The summed E-state index contributed by atoms with van der Waals surface area (Å²) >= 11 is 0. The van der Waals surface area contributed by atoms with Crippen molar-refractivity contribution in [3.05, 3.63) is 41.2 Å². The van der Waals surface area contributed by atoms with E-state index in [4.69, 9.17) is 0 Å². The number of benzene rings is 1. The normalized spacial score (nSPS) is 14.6. The van der Waals surface area contributed by atoms with Crippen LogP contribution in [0.25, 0.3) is 10.8 Å². The number of aryl methyl sites for hydroxylation is 3. The van der Waals surface area contributed by atoms with Crippen LogP contribution in [0.2, 0.25) is 0 Å². The van der Waals surface area contributed by atoms with Gasteiger partial charge in [0, 0.05) is 17.3 Å². The van der Waals surface area contributed by atoms with Gasteiger partial charge in [-0.1, -0.05) is 18.2 Å². The summed E-state index contributed by atoms with van der Waals surface area (Å²) in [5.41, 5.74) is 4.11. The zero-order chi connectivity index (χ0) is 9.54. The van der Waals surface area contributed by atoms with Crippen molar-refractivity contribution >= 4 is 10.8 Å². The molecule has 3 rings (SSSR count). The van der Waals surface area contributed by atoms with Gasteiger partial charge in [0.1, 0.15) is 0 Å². The summed E-state index contributed by atoms with van der Waals surface area (Å²) in [6.07, 6.45) is 5.76. The van der Waals surface area contributed by atoms with Gasteiger partial charge >= 0.3 is 0 Å². The Morgan fingerprint density at radius 1 is 1.14 bits per heavy atom. The molecular weight excluding hydrogens is 170 g/mol. The number of aromatic nitrogens is 1. The fourth-order valence-corrected chi connectivity index (χ4v) is 2.46. The molecule has 1 aromatic heterocycles. The van der Waals surface area contributed by atoms with Gasteiger partial charge in [-0.05, 0) is 42.7 Å². The molecular formula is C13H13N. The van der Waals surface area contributed by atoms with Crippen LogP contribution in [0.15, 0.2) is 24.4 Å². The van der Waals surface area contributed by atoms with E-state index >= 15 is 0 Å². The second-order valence-electron chi connectivity index (χ2n) is 4.06. The first-order valence-electron chi connectivity index (χ1n) is 5.22. The lowest BCUT2D eigenvalue weighted by atomic mass is 9.89. The molecule has 70 valence electrons. The highest BCUT2D eigenvalue weighted by atomic mass is 14.7. The fraction of sp³-hybridized carbons (Fsp3) is 0.308. The summed E-state index contributed by atoms with van der Waals surface area (Å²) in [7, 11) is 0. The van der Waals surface area contributed by atoms with Gasteiger partial charge in [0.15, 0.2) is 0 Å². The van der Waals surface area contributed by atoms with Crippen LogP contribution in [0.5, 0.6) is 0 Å². The average Bonchev–Trinajstić information content (AvgIpc) is 2.24. The van der Waals surface area contributed by atoms with Crippen LogP contribution in [0, 0.1) is 6.92 Å². The van der Waals surface area contributed by atoms with Gasteiger partial charge in [-0.3, -0.25) is 4.98 Å². The average molecular weight is 183 g/mol. The molecule has 2 aromatic rings. The Labute approximate surface area is 83.8 Å². The molecule has 1 nitrogen and oxygen atoms in total. The van der Waals surface area contributed by atoms with E-state index in [1.165, 1.54) is 41.2 Å². The van der Waals surface area contributed by atoms with Gasteiger partial charge in [0.05, 0.1) is 0 Å². The van der Waals surface area contributed by atoms with Gasteiger partial charge < -0.3 is 0 Å². The lowest BCUT2D eigenvalue weighted by molar-refractivity contribution is 0.803. The second-order valence-corrected chi connectivity index (χ2v) is 4.06. The molecule has 1 aliphatic carbocycles. The minimum atomic E-state index is 1.16. The maximum Gasteiger partial charge on any atom is 0.0451 e. The van der Waals surface area contributed by atoms with Crippen molar-refractivity contribution in [2.75, 3.05) is 0 Å². The lowest BCUT2D eigenvalue weighted by Gasteiger charge is -2.17. The monoisotopic (exact) mass is 183 g/mol. The molecule has 1 heteroatoms. The van der Waals surface area contributed by atoms with Gasteiger partial charge in [-0.25, -0.2) is 0 Å². The van der Waals surface area contributed by atoms with Gasteiger partial charge in [-0.15, -0.1) is 0 Å². The maximum absolute atomic E-state index is 4.45. The first-order valence-corrected chi connectivity index (χ1v) is 5.22. The van der Waals surface area contributed by atoms with Gasteiger partial charge in [0.2, 0.25) is 0 Å². The number of hydrogen-bond acceptors (Lipinski definition) is 1. The van der Waals surface area contributed by atoms with E-state index in [2.05, 4.69) is 36.3 Å². The van der Waals surface area contributed by atoms with Crippen LogP contribution >= 0.6 is 0 Å². The standard InChI is InChI=1S/C13H13N/c1-9-12-7-3-5-10-4-2-6-11(8-14-9)13(10)12/h3,5,7-8H,2,4,6H2,1H3. The summed E-state index contributed by atoms with van der Waals surface area (Å²) in [6, 6.07) is 6.60. The molecule has 0 spiro atoms. The van der Waals surface area contributed by atoms with Crippen molar-refractivity contribution in [3.63, 3.8) is 0 Å². The van der Waals surface area contributed by atoms with Crippen LogP contribution in [-0.2, 0) is 12.8 Å². The smallest absolute Gasteiger partial charge is 0.0451 e. The molecule has 0 saturated carbocycles. The third kappa shape index (κ3) is 0.985. The summed E-state index contributed by atoms with van der Waals surface area (Å²) in [5, 5.41) is 2.82. The molecule has 1 heterocycles. The Balaban J connectivity index is 2.51. The SMILES string of the molecule is Cc1ncc2c3c(cccc13)CCC2. The van der Waals surface area contributed by atoms with Crippen molar-refractivity contribution in [1.82, 2.24) is 4.98 Å². The Morgan fingerprint density at radius 2 is 2.00 bits per heavy atom. The Hall–Kier alpha value is -1.37. The largest absolute Gasteiger partial charge is 0.261 e. The maximum atomic E-state index is 4.45. The molecule has 1 aromatic carbocycles. The molecule has 0 aliphatic heterocycles. The molecule has 0 unspecified atom stereocenters. The molecule has 0 N–H and O–H groups in total. The summed E-state index contributed by atoms with van der Waals surface area (Å²) < 4.78 is 0. The summed E-state index contributed by atoms with van der Waals surface area (Å²) in [5.74, 6) is 0. The highest BCUT2D eigenvalue weighted by Gasteiger charge is 2.13. The van der Waals surface area contributed by atoms with Crippen molar-refractivity contribution < 1.29 is 0 Å². The van der Waals surface area contributed by atoms with Crippen molar-refractivity contribution in [2.24, 2.45) is 0 Å². The van der Waals surface area contributed by atoms with Gasteiger partial charge in [0.25, 0.3) is 0 Å². The fourth-order valence-electron chi connectivity index (χ4n) is 2.46.